The largest absolute Gasteiger partial charge is 0.393 e. The van der Waals surface area contributed by atoms with Crippen molar-refractivity contribution in [3.05, 3.63) is 24.3 Å². The first-order valence-corrected chi connectivity index (χ1v) is 11.1. The Kier molecular flexibility index (Phi) is 13.1. The number of unbranched alkanes of at least 4 members (excludes halogenated alkanes) is 1. The van der Waals surface area contributed by atoms with E-state index in [0.717, 1.165) is 44.9 Å². The first kappa shape index (κ1) is 24.9. The zero-order chi connectivity index (χ0) is 20.8. The molecule has 0 aromatic rings. The summed E-state index contributed by atoms with van der Waals surface area (Å²) in [4.78, 5) is 10.8. The molecule has 5 atom stereocenters. The zero-order valence-corrected chi connectivity index (χ0v) is 17.8. The number of amides is 1. The van der Waals surface area contributed by atoms with Crippen LogP contribution in [0.3, 0.4) is 0 Å². The highest BCUT2D eigenvalue weighted by molar-refractivity contribution is 5.73. The third kappa shape index (κ3) is 9.85. The summed E-state index contributed by atoms with van der Waals surface area (Å²) in [5, 5.41) is 20.9. The molecule has 5 unspecified atom stereocenters. The quantitative estimate of drug-likeness (QED) is 0.290. The van der Waals surface area contributed by atoms with Crippen LogP contribution in [0.4, 0.5) is 0 Å². The van der Waals surface area contributed by atoms with Crippen molar-refractivity contribution < 1.29 is 19.7 Å². The summed E-state index contributed by atoms with van der Waals surface area (Å²) < 4.78 is 6.04. The summed E-state index contributed by atoms with van der Waals surface area (Å²) in [7, 11) is 0. The Morgan fingerprint density at radius 1 is 1.21 bits per heavy atom. The van der Waals surface area contributed by atoms with Gasteiger partial charge in [0.1, 0.15) is 0 Å². The van der Waals surface area contributed by atoms with Crippen molar-refractivity contribution in [2.24, 2.45) is 17.6 Å². The van der Waals surface area contributed by atoms with Gasteiger partial charge in [0, 0.05) is 19.4 Å². The number of primary amides is 1. The normalized spacial score (nSPS) is 26.4. The maximum atomic E-state index is 10.8. The van der Waals surface area contributed by atoms with E-state index in [2.05, 4.69) is 32.1 Å². The Hall–Kier alpha value is -1.17. The second-order valence-electron chi connectivity index (χ2n) is 7.95. The molecule has 28 heavy (non-hydrogen) atoms. The molecule has 0 bridgehead atoms. The van der Waals surface area contributed by atoms with Crippen molar-refractivity contribution in [1.82, 2.24) is 0 Å². The molecular weight excluding hydrogens is 354 g/mol. The highest BCUT2D eigenvalue weighted by Gasteiger charge is 2.42. The molecule has 0 aromatic carbocycles. The molecule has 5 heteroatoms. The Morgan fingerprint density at radius 3 is 2.68 bits per heavy atom. The third-order valence-corrected chi connectivity index (χ3v) is 5.54. The van der Waals surface area contributed by atoms with Gasteiger partial charge in [-0.15, -0.1) is 0 Å². The molecule has 0 heterocycles. The lowest BCUT2D eigenvalue weighted by atomic mass is 9.85. The van der Waals surface area contributed by atoms with Gasteiger partial charge in [0.05, 0.1) is 18.3 Å². The van der Waals surface area contributed by atoms with Crippen LogP contribution in [-0.4, -0.2) is 41.0 Å². The van der Waals surface area contributed by atoms with Crippen LogP contribution in [0.15, 0.2) is 24.3 Å². The van der Waals surface area contributed by atoms with E-state index in [1.54, 1.807) is 0 Å². The molecular formula is C23H41NO4. The van der Waals surface area contributed by atoms with E-state index < -0.39 is 0 Å². The second-order valence-corrected chi connectivity index (χ2v) is 7.95. The lowest BCUT2D eigenvalue weighted by Crippen LogP contribution is -2.25. The maximum absolute atomic E-state index is 10.8. The van der Waals surface area contributed by atoms with E-state index in [4.69, 9.17) is 10.5 Å². The highest BCUT2D eigenvalue weighted by atomic mass is 16.5. The summed E-state index contributed by atoms with van der Waals surface area (Å²) in [5.41, 5.74) is 5.16. The summed E-state index contributed by atoms with van der Waals surface area (Å²) in [6.07, 6.45) is 15.4. The molecule has 4 N–H and O–H groups in total. The molecule has 0 radical (unpaired) electrons. The Labute approximate surface area is 171 Å². The van der Waals surface area contributed by atoms with Gasteiger partial charge in [0.25, 0.3) is 0 Å². The van der Waals surface area contributed by atoms with Crippen molar-refractivity contribution >= 4 is 5.91 Å². The predicted octanol–water partition coefficient (Wildman–Crippen LogP) is 3.88. The average molecular weight is 396 g/mol. The molecule has 0 saturated heterocycles. The van der Waals surface area contributed by atoms with E-state index in [0.29, 0.717) is 25.9 Å². The molecule has 0 aromatic heterocycles. The van der Waals surface area contributed by atoms with E-state index >= 15 is 0 Å². The van der Waals surface area contributed by atoms with Gasteiger partial charge in [-0.3, -0.25) is 4.79 Å². The monoisotopic (exact) mass is 395 g/mol. The van der Waals surface area contributed by atoms with Crippen molar-refractivity contribution in [3.8, 4) is 0 Å². The lowest BCUT2D eigenvalue weighted by molar-refractivity contribution is -0.118. The summed E-state index contributed by atoms with van der Waals surface area (Å²) in [6, 6.07) is 0. The van der Waals surface area contributed by atoms with Gasteiger partial charge in [0.15, 0.2) is 0 Å². The Morgan fingerprint density at radius 2 is 2.00 bits per heavy atom. The van der Waals surface area contributed by atoms with Crippen LogP contribution in [0, 0.1) is 11.8 Å². The molecule has 0 aliphatic heterocycles. The van der Waals surface area contributed by atoms with Crippen LogP contribution >= 0.6 is 0 Å². The topological polar surface area (TPSA) is 92.8 Å². The van der Waals surface area contributed by atoms with Crippen LogP contribution in [0.5, 0.6) is 0 Å². The van der Waals surface area contributed by atoms with Crippen molar-refractivity contribution in [2.75, 3.05) is 6.61 Å². The van der Waals surface area contributed by atoms with Gasteiger partial charge in [-0.05, 0) is 63.2 Å². The average Bonchev–Trinajstić information content (AvgIpc) is 2.95. The third-order valence-electron chi connectivity index (χ3n) is 5.54. The number of hydrogen-bond acceptors (Lipinski definition) is 4. The molecule has 162 valence electrons. The number of aliphatic hydroxyl groups is 2. The predicted molar refractivity (Wildman–Crippen MR) is 114 cm³/mol. The number of allylic oxidation sites excluding steroid dienone is 3. The number of hydrogen-bond donors (Lipinski definition) is 3. The molecule has 1 aliphatic rings. The molecule has 1 saturated carbocycles. The highest BCUT2D eigenvalue weighted by Crippen LogP contribution is 2.40. The van der Waals surface area contributed by atoms with Crippen LogP contribution in [-0.2, 0) is 9.53 Å². The first-order chi connectivity index (χ1) is 13.5. The van der Waals surface area contributed by atoms with Gasteiger partial charge in [0.2, 0.25) is 5.91 Å². The van der Waals surface area contributed by atoms with Gasteiger partial charge >= 0.3 is 0 Å². The van der Waals surface area contributed by atoms with Gasteiger partial charge in [-0.25, -0.2) is 0 Å². The summed E-state index contributed by atoms with van der Waals surface area (Å²) >= 11 is 0. The molecule has 1 amide bonds. The summed E-state index contributed by atoms with van der Waals surface area (Å²) in [6.45, 7) is 4.90. The van der Waals surface area contributed by atoms with E-state index in [-0.39, 0.29) is 36.1 Å². The van der Waals surface area contributed by atoms with Crippen molar-refractivity contribution in [1.29, 1.82) is 0 Å². The number of carbonyl (C=O) groups excluding carboxylic acids is 1. The Bertz CT molecular complexity index is 477. The minimum atomic E-state index is -0.362. The molecule has 0 spiro atoms. The SMILES string of the molecule is CCC=CCC(O)CCC1C(OCCC)CC(O)C1CC=CCCCC(N)=O. The number of nitrogens with two attached hydrogens (primary N) is 1. The van der Waals surface area contributed by atoms with Crippen LogP contribution in [0.1, 0.15) is 78.1 Å². The lowest BCUT2D eigenvalue weighted by Gasteiger charge is -2.26. The fourth-order valence-electron chi connectivity index (χ4n) is 4.03. The van der Waals surface area contributed by atoms with Gasteiger partial charge < -0.3 is 20.7 Å². The maximum Gasteiger partial charge on any atom is 0.217 e. The van der Waals surface area contributed by atoms with Gasteiger partial charge in [-0.1, -0.05) is 38.2 Å². The number of carbonyl (C=O) groups is 1. The van der Waals surface area contributed by atoms with Crippen molar-refractivity contribution in [2.45, 2.75) is 96.4 Å². The first-order valence-electron chi connectivity index (χ1n) is 11.1. The van der Waals surface area contributed by atoms with E-state index in [1.165, 1.54) is 0 Å². The van der Waals surface area contributed by atoms with E-state index in [9.17, 15) is 15.0 Å². The van der Waals surface area contributed by atoms with Crippen LogP contribution in [0.2, 0.25) is 0 Å². The smallest absolute Gasteiger partial charge is 0.217 e. The summed E-state index contributed by atoms with van der Waals surface area (Å²) in [5.74, 6) is 0.164. The molecule has 5 nitrogen and oxygen atoms in total. The van der Waals surface area contributed by atoms with Crippen LogP contribution in [0.25, 0.3) is 0 Å². The fraction of sp³-hybridized carbons (Fsp3) is 0.783. The van der Waals surface area contributed by atoms with E-state index in [1.807, 2.05) is 6.08 Å². The standard InChI is InChI=1S/C23H41NO4/c1-3-5-8-11-18(25)14-15-20-19(12-9-6-7-10-13-23(24)27)21(26)17-22(20)28-16-4-2/h5-6,8-9,18-22,25-26H,3-4,7,10-17H2,1-2H3,(H2,24,27). The Balaban J connectivity index is 2.57. The molecule has 1 rings (SSSR count). The molecule has 1 fully saturated rings. The minimum absolute atomic E-state index is 0.0709. The van der Waals surface area contributed by atoms with Crippen molar-refractivity contribution in [3.63, 3.8) is 0 Å². The number of ether oxygens (including phenoxy) is 1. The second kappa shape index (κ2) is 14.8. The van der Waals surface area contributed by atoms with Crippen LogP contribution < -0.4 is 5.73 Å². The number of aliphatic hydroxyl groups excluding tert-OH is 2. The molecule has 1 aliphatic carbocycles. The van der Waals surface area contributed by atoms with Gasteiger partial charge in [-0.2, -0.15) is 0 Å². The number of rotatable bonds is 15. The zero-order valence-electron chi connectivity index (χ0n) is 17.8. The fourth-order valence-corrected chi connectivity index (χ4v) is 4.03. The minimum Gasteiger partial charge on any atom is -0.393 e.